The van der Waals surface area contributed by atoms with Gasteiger partial charge in [0.25, 0.3) is 0 Å². The van der Waals surface area contributed by atoms with Gasteiger partial charge in [0.2, 0.25) is 0 Å². The lowest BCUT2D eigenvalue weighted by Gasteiger charge is -2.47. The Morgan fingerprint density at radius 2 is 2.12 bits per heavy atom. The van der Waals surface area contributed by atoms with Gasteiger partial charge in [-0.15, -0.1) is 0 Å². The monoisotopic (exact) mass is 342 g/mol. The zero-order valence-corrected chi connectivity index (χ0v) is 16.1. The van der Waals surface area contributed by atoms with Crippen molar-refractivity contribution < 1.29 is 0 Å². The first kappa shape index (κ1) is 16.5. The van der Waals surface area contributed by atoms with E-state index in [1.54, 1.807) is 16.5 Å². The standard InChI is InChI=1S/C21H30N2S/c1-4-9-23-12-15(14-24-3)10-18-17-7-6-8-19-21(17)16(11-20(18)23)13-22(19)5-2/h6-8,13,15,18,20H,4-5,9-12,14H2,1-3H3/t15-,18-,20-/m1/s1. The van der Waals surface area contributed by atoms with Crippen LogP contribution in [0.5, 0.6) is 0 Å². The van der Waals surface area contributed by atoms with Crippen molar-refractivity contribution in [3.05, 3.63) is 35.5 Å². The van der Waals surface area contributed by atoms with Crippen LogP contribution in [0.15, 0.2) is 24.4 Å². The number of piperidine rings is 1. The van der Waals surface area contributed by atoms with E-state index < -0.39 is 0 Å². The van der Waals surface area contributed by atoms with Crippen LogP contribution in [0.3, 0.4) is 0 Å². The van der Waals surface area contributed by atoms with E-state index in [0.717, 1.165) is 18.4 Å². The molecule has 2 aromatic rings. The van der Waals surface area contributed by atoms with Crippen LogP contribution in [-0.2, 0) is 13.0 Å². The van der Waals surface area contributed by atoms with Gasteiger partial charge in [-0.05, 0) is 67.9 Å². The number of hydrogen-bond donors (Lipinski definition) is 0. The Hall–Kier alpha value is -0.930. The summed E-state index contributed by atoms with van der Waals surface area (Å²) in [5.41, 5.74) is 4.68. The lowest BCUT2D eigenvalue weighted by atomic mass is 9.72. The minimum atomic E-state index is 0.717. The van der Waals surface area contributed by atoms with Crippen molar-refractivity contribution >= 4 is 22.7 Å². The molecule has 3 atom stereocenters. The Kier molecular flexibility index (Phi) is 4.66. The maximum absolute atomic E-state index is 2.82. The zero-order valence-electron chi connectivity index (χ0n) is 15.3. The van der Waals surface area contributed by atoms with E-state index in [2.05, 4.69) is 54.0 Å². The van der Waals surface area contributed by atoms with Crippen molar-refractivity contribution in [3.63, 3.8) is 0 Å². The first-order valence-corrected chi connectivity index (χ1v) is 11.0. The van der Waals surface area contributed by atoms with Crippen molar-refractivity contribution in [1.29, 1.82) is 0 Å². The number of fused-ring (bicyclic) bond motifs is 2. The number of hydrogen-bond acceptors (Lipinski definition) is 2. The third-order valence-electron chi connectivity index (χ3n) is 6.11. The Labute approximate surface area is 150 Å². The molecule has 0 amide bonds. The van der Waals surface area contributed by atoms with Gasteiger partial charge in [-0.25, -0.2) is 0 Å². The molecule has 0 N–H and O–H groups in total. The number of likely N-dealkylation sites (tertiary alicyclic amines) is 1. The van der Waals surface area contributed by atoms with E-state index in [1.165, 1.54) is 43.6 Å². The molecule has 2 nitrogen and oxygen atoms in total. The van der Waals surface area contributed by atoms with Crippen LogP contribution in [-0.4, -0.2) is 40.6 Å². The summed E-state index contributed by atoms with van der Waals surface area (Å²) in [6, 6.07) is 7.75. The maximum Gasteiger partial charge on any atom is 0.0485 e. The van der Waals surface area contributed by atoms with E-state index in [-0.39, 0.29) is 0 Å². The zero-order chi connectivity index (χ0) is 16.7. The quantitative estimate of drug-likeness (QED) is 0.774. The average Bonchev–Trinajstić information content (AvgIpc) is 2.96. The van der Waals surface area contributed by atoms with E-state index in [4.69, 9.17) is 0 Å². The van der Waals surface area contributed by atoms with E-state index in [0.29, 0.717) is 6.04 Å². The van der Waals surface area contributed by atoms with Crippen molar-refractivity contribution in [2.45, 2.75) is 51.6 Å². The number of thioether (sulfide) groups is 1. The fraction of sp³-hybridized carbons (Fsp3) is 0.619. The van der Waals surface area contributed by atoms with E-state index in [9.17, 15) is 0 Å². The molecule has 1 aliphatic carbocycles. The summed E-state index contributed by atoms with van der Waals surface area (Å²) in [6.45, 7) is 8.22. The summed E-state index contributed by atoms with van der Waals surface area (Å²) in [5.74, 6) is 2.88. The minimum absolute atomic E-state index is 0.717. The summed E-state index contributed by atoms with van der Waals surface area (Å²) >= 11 is 2.02. The molecule has 3 heteroatoms. The molecule has 130 valence electrons. The molecule has 0 unspecified atom stereocenters. The molecule has 1 aliphatic heterocycles. The van der Waals surface area contributed by atoms with Gasteiger partial charge in [0.05, 0.1) is 0 Å². The predicted octanol–water partition coefficient (Wildman–Crippen LogP) is 4.76. The van der Waals surface area contributed by atoms with Crippen LogP contribution in [0, 0.1) is 5.92 Å². The smallest absolute Gasteiger partial charge is 0.0485 e. The van der Waals surface area contributed by atoms with Gasteiger partial charge < -0.3 is 4.57 Å². The second-order valence-electron chi connectivity index (χ2n) is 7.61. The Morgan fingerprint density at radius 1 is 1.25 bits per heavy atom. The first-order valence-electron chi connectivity index (χ1n) is 9.60. The molecular formula is C21H30N2S. The highest BCUT2D eigenvalue weighted by Crippen LogP contribution is 2.45. The molecule has 0 bridgehead atoms. The Balaban J connectivity index is 1.78. The second-order valence-corrected chi connectivity index (χ2v) is 8.52. The third-order valence-corrected chi connectivity index (χ3v) is 6.92. The van der Waals surface area contributed by atoms with Gasteiger partial charge in [-0.1, -0.05) is 19.1 Å². The SMILES string of the molecule is CCCN1C[C@H](CSC)C[C@@H]2c3cccc4c3c(cn4CC)C[C@H]21. The van der Waals surface area contributed by atoms with Gasteiger partial charge in [-0.3, -0.25) is 4.90 Å². The first-order chi connectivity index (χ1) is 11.8. The second kappa shape index (κ2) is 6.76. The molecule has 0 radical (unpaired) electrons. The van der Waals surface area contributed by atoms with E-state index in [1.807, 2.05) is 11.8 Å². The topological polar surface area (TPSA) is 8.17 Å². The highest BCUT2D eigenvalue weighted by molar-refractivity contribution is 7.98. The van der Waals surface area contributed by atoms with Gasteiger partial charge in [-0.2, -0.15) is 11.8 Å². The normalized spacial score (nSPS) is 26.7. The summed E-state index contributed by atoms with van der Waals surface area (Å²) in [5, 5.41) is 1.59. The molecular weight excluding hydrogens is 312 g/mol. The molecule has 1 saturated heterocycles. The summed E-state index contributed by atoms with van der Waals surface area (Å²) < 4.78 is 2.45. The van der Waals surface area contributed by atoms with Crippen LogP contribution in [0.1, 0.15) is 43.7 Å². The van der Waals surface area contributed by atoms with Crippen LogP contribution in [0.4, 0.5) is 0 Å². The fourth-order valence-corrected chi connectivity index (χ4v) is 5.95. The van der Waals surface area contributed by atoms with Crippen molar-refractivity contribution in [1.82, 2.24) is 9.47 Å². The van der Waals surface area contributed by atoms with Crippen LogP contribution >= 0.6 is 11.8 Å². The Bertz CT molecular complexity index is 720. The fourth-order valence-electron chi connectivity index (χ4n) is 5.24. The molecule has 1 aromatic carbocycles. The molecule has 2 aliphatic rings. The van der Waals surface area contributed by atoms with Crippen molar-refractivity contribution in [3.8, 4) is 0 Å². The molecule has 0 saturated carbocycles. The lowest BCUT2D eigenvalue weighted by Crippen LogP contribution is -2.50. The molecule has 24 heavy (non-hydrogen) atoms. The van der Waals surface area contributed by atoms with Crippen LogP contribution in [0.2, 0.25) is 0 Å². The Morgan fingerprint density at radius 3 is 2.88 bits per heavy atom. The molecule has 0 spiro atoms. The predicted molar refractivity (Wildman–Crippen MR) is 106 cm³/mol. The molecule has 4 rings (SSSR count). The lowest BCUT2D eigenvalue weighted by molar-refractivity contribution is 0.0926. The van der Waals surface area contributed by atoms with Crippen molar-refractivity contribution in [2.75, 3.05) is 25.1 Å². The molecule has 1 aromatic heterocycles. The van der Waals surface area contributed by atoms with Gasteiger partial charge >= 0.3 is 0 Å². The highest BCUT2D eigenvalue weighted by atomic mass is 32.2. The van der Waals surface area contributed by atoms with Gasteiger partial charge in [0.15, 0.2) is 0 Å². The average molecular weight is 343 g/mol. The number of rotatable bonds is 5. The maximum atomic E-state index is 2.82. The number of benzene rings is 1. The van der Waals surface area contributed by atoms with Crippen LogP contribution in [0.25, 0.3) is 10.9 Å². The van der Waals surface area contributed by atoms with Crippen molar-refractivity contribution in [2.24, 2.45) is 5.92 Å². The highest BCUT2D eigenvalue weighted by Gasteiger charge is 2.40. The summed E-state index contributed by atoms with van der Waals surface area (Å²) in [4.78, 5) is 2.82. The molecule has 2 heterocycles. The number of aromatic nitrogens is 1. The van der Waals surface area contributed by atoms with Gasteiger partial charge in [0.1, 0.15) is 0 Å². The summed E-state index contributed by atoms with van der Waals surface area (Å²) in [7, 11) is 0. The molecule has 1 fully saturated rings. The number of nitrogens with zero attached hydrogens (tertiary/aromatic N) is 2. The number of aryl methyl sites for hydroxylation is 1. The largest absolute Gasteiger partial charge is 0.347 e. The third kappa shape index (κ3) is 2.61. The summed E-state index contributed by atoms with van der Waals surface area (Å²) in [6.07, 6.45) is 8.58. The van der Waals surface area contributed by atoms with Gasteiger partial charge in [0, 0.05) is 42.1 Å². The van der Waals surface area contributed by atoms with Crippen LogP contribution < -0.4 is 0 Å². The van der Waals surface area contributed by atoms with E-state index >= 15 is 0 Å². The minimum Gasteiger partial charge on any atom is -0.347 e.